The van der Waals surface area contributed by atoms with Crippen molar-refractivity contribution in [3.63, 3.8) is 0 Å². The predicted octanol–water partition coefficient (Wildman–Crippen LogP) is 3.54. The van der Waals surface area contributed by atoms with Gasteiger partial charge in [0, 0.05) is 54.9 Å². The van der Waals surface area contributed by atoms with Crippen LogP contribution in [0.2, 0.25) is 0 Å². The van der Waals surface area contributed by atoms with Gasteiger partial charge < -0.3 is 25.2 Å². The lowest BCUT2D eigenvalue weighted by atomic mass is 10.1. The Balaban J connectivity index is 1.49. The molecule has 2 heterocycles. The fraction of sp³-hybridized carbons (Fsp3) is 0.273. The quantitative estimate of drug-likeness (QED) is 0.635. The summed E-state index contributed by atoms with van der Waals surface area (Å²) in [5, 5.41) is 16.2. The first-order valence-electron chi connectivity index (χ1n) is 9.80. The number of nitrogens with zero attached hydrogens (tertiary/aromatic N) is 2. The third kappa shape index (κ3) is 4.03. The van der Waals surface area contributed by atoms with Gasteiger partial charge in [-0.3, -0.25) is 0 Å². The Kier molecular flexibility index (Phi) is 5.37. The van der Waals surface area contributed by atoms with E-state index in [2.05, 4.69) is 27.3 Å². The molecule has 3 N–H and O–H groups in total. The van der Waals surface area contributed by atoms with Gasteiger partial charge in [0.25, 0.3) is 0 Å². The van der Waals surface area contributed by atoms with E-state index < -0.39 is 6.09 Å². The second kappa shape index (κ2) is 8.26. The van der Waals surface area contributed by atoms with Gasteiger partial charge >= 0.3 is 12.1 Å². The number of fused-ring (bicyclic) bond motifs is 3. The van der Waals surface area contributed by atoms with Crippen molar-refractivity contribution in [2.75, 3.05) is 25.0 Å². The van der Waals surface area contributed by atoms with Crippen LogP contribution in [0, 0.1) is 0 Å². The summed E-state index contributed by atoms with van der Waals surface area (Å²) in [6, 6.07) is 17.3. The summed E-state index contributed by atoms with van der Waals surface area (Å²) >= 11 is 0. The minimum Gasteiger partial charge on any atom is -0.465 e. The molecule has 0 unspecified atom stereocenters. The number of para-hydroxylation sites is 2. The van der Waals surface area contributed by atoms with E-state index in [1.54, 1.807) is 0 Å². The van der Waals surface area contributed by atoms with Crippen molar-refractivity contribution >= 4 is 28.7 Å². The Hall–Kier alpha value is -3.48. The summed E-state index contributed by atoms with van der Waals surface area (Å²) < 4.78 is 2.22. The lowest BCUT2D eigenvalue weighted by Crippen LogP contribution is -2.32. The number of rotatable bonds is 4. The van der Waals surface area contributed by atoms with Gasteiger partial charge in [-0.1, -0.05) is 36.4 Å². The van der Waals surface area contributed by atoms with Crippen LogP contribution < -0.4 is 10.6 Å². The zero-order valence-corrected chi connectivity index (χ0v) is 16.1. The van der Waals surface area contributed by atoms with Crippen molar-refractivity contribution in [3.8, 4) is 0 Å². The van der Waals surface area contributed by atoms with E-state index in [0.717, 1.165) is 11.2 Å². The third-order valence-corrected chi connectivity index (χ3v) is 5.37. The number of hydrogen-bond acceptors (Lipinski definition) is 2. The lowest BCUT2D eigenvalue weighted by Gasteiger charge is -2.16. The summed E-state index contributed by atoms with van der Waals surface area (Å²) in [5.41, 5.74) is 4.27. The van der Waals surface area contributed by atoms with Gasteiger partial charge in [-0.25, -0.2) is 9.59 Å². The highest BCUT2D eigenvalue weighted by Crippen LogP contribution is 2.29. The minimum atomic E-state index is -0.870. The van der Waals surface area contributed by atoms with Crippen LogP contribution in [0.15, 0.2) is 54.6 Å². The summed E-state index contributed by atoms with van der Waals surface area (Å²) in [7, 11) is 0. The molecule has 0 saturated heterocycles. The van der Waals surface area contributed by atoms with Gasteiger partial charge in [-0.2, -0.15) is 0 Å². The lowest BCUT2D eigenvalue weighted by molar-refractivity contribution is 0.147. The Morgan fingerprint density at radius 3 is 2.48 bits per heavy atom. The van der Waals surface area contributed by atoms with Crippen LogP contribution in [0.4, 0.5) is 15.3 Å². The number of aromatic nitrogens is 1. The van der Waals surface area contributed by atoms with Crippen molar-refractivity contribution < 1.29 is 14.7 Å². The second-order valence-electron chi connectivity index (χ2n) is 7.11. The molecule has 29 heavy (non-hydrogen) atoms. The number of benzene rings is 2. The van der Waals surface area contributed by atoms with E-state index in [9.17, 15) is 14.7 Å². The first-order chi connectivity index (χ1) is 14.1. The normalized spacial score (nSPS) is 13.6. The van der Waals surface area contributed by atoms with E-state index in [0.29, 0.717) is 39.0 Å². The Morgan fingerprint density at radius 2 is 1.69 bits per heavy atom. The molecule has 150 valence electrons. The van der Waals surface area contributed by atoms with Crippen molar-refractivity contribution in [2.45, 2.75) is 19.4 Å². The molecule has 3 aromatic rings. The summed E-state index contributed by atoms with van der Waals surface area (Å²) in [6.45, 7) is 2.10. The highest BCUT2D eigenvalue weighted by atomic mass is 16.4. The maximum Gasteiger partial charge on any atom is 0.407 e. The van der Waals surface area contributed by atoms with Crippen molar-refractivity contribution in [1.29, 1.82) is 0 Å². The highest BCUT2D eigenvalue weighted by Gasteiger charge is 2.23. The van der Waals surface area contributed by atoms with Gasteiger partial charge in [-0.05, 0) is 30.2 Å². The van der Waals surface area contributed by atoms with Crippen molar-refractivity contribution in [3.05, 3.63) is 65.9 Å². The molecule has 0 bridgehead atoms. The molecule has 7 heteroatoms. The smallest absolute Gasteiger partial charge is 0.407 e. The van der Waals surface area contributed by atoms with Crippen molar-refractivity contribution in [1.82, 2.24) is 14.8 Å². The molecular weight excluding hydrogens is 368 g/mol. The largest absolute Gasteiger partial charge is 0.465 e. The molecule has 7 nitrogen and oxygen atoms in total. The Morgan fingerprint density at radius 1 is 0.966 bits per heavy atom. The number of amides is 3. The SMILES string of the molecule is O=C(NCCn1c2c(c3ccccc31)CCN(C(=O)O)CC2)Nc1ccccc1. The van der Waals surface area contributed by atoms with E-state index in [1.807, 2.05) is 42.5 Å². The van der Waals surface area contributed by atoms with Gasteiger partial charge in [-0.15, -0.1) is 0 Å². The number of carboxylic acid groups (broad SMARTS) is 1. The first-order valence-corrected chi connectivity index (χ1v) is 9.80. The van der Waals surface area contributed by atoms with Crippen LogP contribution in [0.1, 0.15) is 11.3 Å². The number of carbonyl (C=O) groups excluding carboxylic acids is 1. The Bertz CT molecular complexity index is 1030. The molecule has 1 aliphatic rings. The molecule has 1 aliphatic heterocycles. The molecule has 1 aromatic heterocycles. The zero-order chi connectivity index (χ0) is 20.2. The first kappa shape index (κ1) is 18.9. The molecule has 2 aromatic carbocycles. The maximum absolute atomic E-state index is 12.2. The molecule has 0 fully saturated rings. The van der Waals surface area contributed by atoms with E-state index in [1.165, 1.54) is 21.5 Å². The van der Waals surface area contributed by atoms with Crippen LogP contribution >= 0.6 is 0 Å². The molecule has 0 radical (unpaired) electrons. The monoisotopic (exact) mass is 392 g/mol. The van der Waals surface area contributed by atoms with Crippen LogP contribution in [-0.4, -0.2) is 46.3 Å². The standard InChI is InChI=1S/C22H24N4O3/c27-21(24-16-6-2-1-3-7-16)23-12-15-26-19-9-5-4-8-17(19)18-10-13-25(22(28)29)14-11-20(18)26/h1-9H,10-15H2,(H,28,29)(H2,23,24,27). The molecule has 0 saturated carbocycles. The van der Waals surface area contributed by atoms with Crippen LogP contribution in [0.25, 0.3) is 10.9 Å². The van der Waals surface area contributed by atoms with Gasteiger partial charge in [0.1, 0.15) is 0 Å². The highest BCUT2D eigenvalue weighted by molar-refractivity contribution is 5.89. The number of carbonyl (C=O) groups is 2. The van der Waals surface area contributed by atoms with E-state index >= 15 is 0 Å². The van der Waals surface area contributed by atoms with Crippen molar-refractivity contribution in [2.24, 2.45) is 0 Å². The van der Waals surface area contributed by atoms with Crippen LogP contribution in [-0.2, 0) is 19.4 Å². The molecular formula is C22H24N4O3. The fourth-order valence-electron chi connectivity index (χ4n) is 4.02. The summed E-state index contributed by atoms with van der Waals surface area (Å²) in [6.07, 6.45) is 0.508. The van der Waals surface area contributed by atoms with Gasteiger partial charge in [0.2, 0.25) is 0 Å². The van der Waals surface area contributed by atoms with E-state index in [-0.39, 0.29) is 6.03 Å². The summed E-state index contributed by atoms with van der Waals surface area (Å²) in [5.74, 6) is 0. The number of anilines is 1. The summed E-state index contributed by atoms with van der Waals surface area (Å²) in [4.78, 5) is 25.0. The molecule has 0 aliphatic carbocycles. The number of nitrogens with one attached hydrogen (secondary N) is 2. The maximum atomic E-state index is 12.2. The van der Waals surface area contributed by atoms with Crippen LogP contribution in [0.5, 0.6) is 0 Å². The zero-order valence-electron chi connectivity index (χ0n) is 16.1. The Labute approximate surface area is 168 Å². The average molecular weight is 392 g/mol. The minimum absolute atomic E-state index is 0.240. The van der Waals surface area contributed by atoms with Crippen LogP contribution in [0.3, 0.4) is 0 Å². The molecule has 0 spiro atoms. The van der Waals surface area contributed by atoms with E-state index in [4.69, 9.17) is 0 Å². The van der Waals surface area contributed by atoms with Gasteiger partial charge in [0.05, 0.1) is 0 Å². The van der Waals surface area contributed by atoms with Gasteiger partial charge in [0.15, 0.2) is 0 Å². The molecule has 4 rings (SSSR count). The number of urea groups is 1. The average Bonchev–Trinajstić information content (AvgIpc) is 2.87. The third-order valence-electron chi connectivity index (χ3n) is 5.37. The second-order valence-corrected chi connectivity index (χ2v) is 7.11. The molecule has 0 atom stereocenters. The molecule has 3 amide bonds. The number of hydrogen-bond donors (Lipinski definition) is 3. The fourth-order valence-corrected chi connectivity index (χ4v) is 4.02. The topological polar surface area (TPSA) is 86.6 Å². The predicted molar refractivity (Wildman–Crippen MR) is 112 cm³/mol.